The minimum Gasteiger partial charge on any atom is -0.444 e. The molecule has 1 fully saturated rings. The van der Waals surface area contributed by atoms with Gasteiger partial charge in [-0.3, -0.25) is 5.10 Å². The van der Waals surface area contributed by atoms with E-state index in [9.17, 15) is 4.79 Å². The molecule has 204 valence electrons. The highest BCUT2D eigenvalue weighted by Crippen LogP contribution is 2.43. The predicted octanol–water partition coefficient (Wildman–Crippen LogP) is 6.92. The molecule has 2 N–H and O–H groups in total. The van der Waals surface area contributed by atoms with Crippen LogP contribution in [0.4, 0.5) is 4.79 Å². The average molecular weight is 535 g/mol. The van der Waals surface area contributed by atoms with Crippen molar-refractivity contribution in [3.05, 3.63) is 84.2 Å². The number of benzene rings is 2. The van der Waals surface area contributed by atoms with Gasteiger partial charge >= 0.3 is 6.09 Å². The van der Waals surface area contributed by atoms with E-state index in [-0.39, 0.29) is 6.09 Å². The zero-order valence-electron chi connectivity index (χ0n) is 23.4. The number of hydrogen-bond donors (Lipinski definition) is 2. The molecular formula is C32H34N6O2. The highest BCUT2D eigenvalue weighted by Gasteiger charge is 2.41. The topological polar surface area (TPSA) is 97.2 Å². The van der Waals surface area contributed by atoms with Gasteiger partial charge in [-0.25, -0.2) is 14.3 Å². The van der Waals surface area contributed by atoms with E-state index in [1.807, 2.05) is 49.6 Å². The number of ether oxygens (including phenoxy) is 1. The lowest BCUT2D eigenvalue weighted by atomic mass is 9.71. The van der Waals surface area contributed by atoms with E-state index in [2.05, 4.69) is 64.9 Å². The number of aromatic nitrogens is 5. The quantitative estimate of drug-likeness (QED) is 0.246. The number of nitrogens with one attached hydrogen (secondary N) is 2. The van der Waals surface area contributed by atoms with Gasteiger partial charge in [0.1, 0.15) is 11.3 Å². The van der Waals surface area contributed by atoms with Gasteiger partial charge in [-0.1, -0.05) is 61.5 Å². The number of aryl methyl sites for hydroxylation is 1. The van der Waals surface area contributed by atoms with Crippen LogP contribution in [0.3, 0.4) is 0 Å². The van der Waals surface area contributed by atoms with Crippen molar-refractivity contribution in [3.63, 3.8) is 0 Å². The van der Waals surface area contributed by atoms with Crippen LogP contribution in [0.1, 0.15) is 58.2 Å². The molecule has 1 saturated carbocycles. The maximum absolute atomic E-state index is 12.7. The van der Waals surface area contributed by atoms with E-state index >= 15 is 0 Å². The van der Waals surface area contributed by atoms with Gasteiger partial charge < -0.3 is 10.1 Å². The Morgan fingerprint density at radius 2 is 1.80 bits per heavy atom. The lowest BCUT2D eigenvalue weighted by Crippen LogP contribution is -2.52. The van der Waals surface area contributed by atoms with E-state index in [4.69, 9.17) is 14.8 Å². The molecule has 0 unspecified atom stereocenters. The number of nitrogens with zero attached hydrogens (tertiary/aromatic N) is 4. The van der Waals surface area contributed by atoms with Crippen LogP contribution in [0.25, 0.3) is 39.4 Å². The Bertz CT molecular complexity index is 1640. The maximum Gasteiger partial charge on any atom is 0.408 e. The van der Waals surface area contributed by atoms with Crippen molar-refractivity contribution >= 4 is 11.7 Å². The van der Waals surface area contributed by atoms with Gasteiger partial charge in [0.25, 0.3) is 0 Å². The lowest BCUT2D eigenvalue weighted by Gasteiger charge is -2.43. The molecule has 1 aliphatic carbocycles. The third-order valence-electron chi connectivity index (χ3n) is 7.49. The predicted molar refractivity (Wildman–Crippen MR) is 156 cm³/mol. The van der Waals surface area contributed by atoms with Crippen LogP contribution < -0.4 is 5.32 Å². The van der Waals surface area contributed by atoms with Crippen molar-refractivity contribution in [3.8, 4) is 33.8 Å². The van der Waals surface area contributed by atoms with Crippen molar-refractivity contribution in [2.45, 2.75) is 64.5 Å². The Hall–Kier alpha value is -4.46. The normalized spacial score (nSPS) is 14.6. The van der Waals surface area contributed by atoms with E-state index < -0.39 is 11.1 Å². The van der Waals surface area contributed by atoms with Crippen LogP contribution in [0.5, 0.6) is 0 Å². The van der Waals surface area contributed by atoms with Crippen molar-refractivity contribution in [1.29, 1.82) is 0 Å². The fraction of sp³-hybridized carbons (Fsp3) is 0.312. The Labute approximate surface area is 233 Å². The minimum atomic E-state index is -0.545. The van der Waals surface area contributed by atoms with E-state index in [1.165, 1.54) is 0 Å². The largest absolute Gasteiger partial charge is 0.444 e. The number of aromatic amines is 1. The molecule has 5 aromatic rings. The first-order valence-corrected chi connectivity index (χ1v) is 13.9. The summed E-state index contributed by atoms with van der Waals surface area (Å²) in [6.07, 6.45) is 4.98. The number of carbonyl (C=O) groups excluding carboxylic acids is 1. The second kappa shape index (κ2) is 9.93. The van der Waals surface area contributed by atoms with Crippen molar-refractivity contribution < 1.29 is 9.53 Å². The molecule has 40 heavy (non-hydrogen) atoms. The zero-order valence-corrected chi connectivity index (χ0v) is 23.4. The second-order valence-corrected chi connectivity index (χ2v) is 11.4. The van der Waals surface area contributed by atoms with Crippen LogP contribution in [-0.2, 0) is 16.7 Å². The molecule has 1 amide bonds. The molecule has 1 aliphatic rings. The van der Waals surface area contributed by atoms with Gasteiger partial charge in [0.15, 0.2) is 5.65 Å². The van der Waals surface area contributed by atoms with Crippen molar-refractivity contribution in [2.75, 3.05) is 0 Å². The molecule has 6 rings (SSSR count). The fourth-order valence-electron chi connectivity index (χ4n) is 5.37. The Morgan fingerprint density at radius 3 is 2.40 bits per heavy atom. The van der Waals surface area contributed by atoms with E-state index in [0.717, 1.165) is 76.4 Å². The molecule has 0 radical (unpaired) electrons. The molecule has 0 spiro atoms. The number of fused-ring (bicyclic) bond motifs is 1. The first-order chi connectivity index (χ1) is 19.3. The van der Waals surface area contributed by atoms with Crippen LogP contribution >= 0.6 is 0 Å². The third-order valence-corrected chi connectivity index (χ3v) is 7.49. The molecule has 0 atom stereocenters. The van der Waals surface area contributed by atoms with Crippen molar-refractivity contribution in [2.24, 2.45) is 0 Å². The Kier molecular flexibility index (Phi) is 6.41. The van der Waals surface area contributed by atoms with Gasteiger partial charge in [-0.05, 0) is 64.2 Å². The zero-order chi connectivity index (χ0) is 27.9. The number of carbonyl (C=O) groups is 1. The summed E-state index contributed by atoms with van der Waals surface area (Å²) in [4.78, 5) is 17.8. The lowest BCUT2D eigenvalue weighted by molar-refractivity contribution is 0.0377. The van der Waals surface area contributed by atoms with Crippen LogP contribution in [0.15, 0.2) is 72.9 Å². The van der Waals surface area contributed by atoms with Crippen LogP contribution in [0, 0.1) is 0 Å². The monoisotopic (exact) mass is 534 g/mol. The molecular weight excluding hydrogens is 500 g/mol. The number of H-pyrrole nitrogens is 1. The van der Waals surface area contributed by atoms with Gasteiger partial charge in [-0.15, -0.1) is 0 Å². The first-order valence-electron chi connectivity index (χ1n) is 13.9. The van der Waals surface area contributed by atoms with Crippen molar-refractivity contribution in [1.82, 2.24) is 30.1 Å². The molecule has 3 heterocycles. The highest BCUT2D eigenvalue weighted by atomic mass is 16.6. The molecule has 8 heteroatoms. The second-order valence-electron chi connectivity index (χ2n) is 11.4. The summed E-state index contributed by atoms with van der Waals surface area (Å²) in [5.41, 5.74) is 7.50. The van der Waals surface area contributed by atoms with Crippen LogP contribution in [0.2, 0.25) is 0 Å². The van der Waals surface area contributed by atoms with Gasteiger partial charge in [0, 0.05) is 22.9 Å². The van der Waals surface area contributed by atoms with Gasteiger partial charge in [0.05, 0.1) is 22.6 Å². The summed E-state index contributed by atoms with van der Waals surface area (Å²) in [5.74, 6) is 0. The van der Waals surface area contributed by atoms with Gasteiger partial charge in [-0.2, -0.15) is 10.2 Å². The molecule has 0 saturated heterocycles. The molecule has 2 aromatic carbocycles. The Balaban J connectivity index is 1.45. The Morgan fingerprint density at radius 1 is 1.05 bits per heavy atom. The molecule has 8 nitrogen and oxygen atoms in total. The standard InChI is InChI=1S/C32H34N6O2/c1-5-24-20-25(26-16-19-33-36-26)29-34-27(28(38(29)37-24)22-10-7-6-8-11-22)21-12-14-23(15-13-21)32(17-9-18-32)35-30(39)40-31(2,3)4/h6-8,10-16,19-20H,5,9,17-18H2,1-4H3,(H,33,36)(H,35,39). The summed E-state index contributed by atoms with van der Waals surface area (Å²) in [7, 11) is 0. The first kappa shape index (κ1) is 25.8. The highest BCUT2D eigenvalue weighted by molar-refractivity contribution is 5.86. The number of rotatable bonds is 6. The smallest absolute Gasteiger partial charge is 0.408 e. The maximum atomic E-state index is 12.7. The van der Waals surface area contributed by atoms with Crippen LogP contribution in [-0.4, -0.2) is 36.5 Å². The summed E-state index contributed by atoms with van der Waals surface area (Å²) in [6, 6.07) is 22.7. The minimum absolute atomic E-state index is 0.382. The number of imidazole rings is 1. The summed E-state index contributed by atoms with van der Waals surface area (Å²) in [6.45, 7) is 7.74. The molecule has 0 aliphatic heterocycles. The molecule has 0 bridgehead atoms. The SMILES string of the molecule is CCc1cc(-c2ccn[nH]2)c2nc(-c3ccc(C4(NC(=O)OC(C)(C)C)CCC4)cc3)c(-c3ccccc3)n2n1. The van der Waals surface area contributed by atoms with E-state index in [1.54, 1.807) is 6.20 Å². The number of amides is 1. The summed E-state index contributed by atoms with van der Waals surface area (Å²) < 4.78 is 7.53. The van der Waals surface area contributed by atoms with E-state index in [0.29, 0.717) is 0 Å². The fourth-order valence-corrected chi connectivity index (χ4v) is 5.37. The number of alkyl carbamates (subject to hydrolysis) is 1. The average Bonchev–Trinajstić information content (AvgIpc) is 3.58. The summed E-state index contributed by atoms with van der Waals surface area (Å²) >= 11 is 0. The van der Waals surface area contributed by atoms with Gasteiger partial charge in [0.2, 0.25) is 0 Å². The molecule has 3 aromatic heterocycles. The third kappa shape index (κ3) is 4.74. The summed E-state index contributed by atoms with van der Waals surface area (Å²) in [5, 5.41) is 15.4. The number of hydrogen-bond acceptors (Lipinski definition) is 5.